The minimum absolute atomic E-state index is 0.00526. The Kier molecular flexibility index (Phi) is 51.4. The number of carbonyl (C=O) groups excluding carboxylic acids is 3. The van der Waals surface area contributed by atoms with Crippen molar-refractivity contribution >= 4 is 35.4 Å². The third kappa shape index (κ3) is 53.7. The molecule has 0 aromatic heterocycles. The van der Waals surface area contributed by atoms with Gasteiger partial charge in [0, 0.05) is 65.4 Å². The van der Waals surface area contributed by atoms with Gasteiger partial charge in [0.05, 0.1) is 91.8 Å². The fourth-order valence-electron chi connectivity index (χ4n) is 6.21. The van der Waals surface area contributed by atoms with Gasteiger partial charge in [-0.15, -0.1) is 0 Å². The van der Waals surface area contributed by atoms with Crippen LogP contribution in [0, 0.1) is 5.92 Å². The second-order valence-corrected chi connectivity index (χ2v) is 16.2. The minimum atomic E-state index is -1.11. The zero-order valence-electron chi connectivity index (χ0n) is 41.2. The van der Waals surface area contributed by atoms with Crippen molar-refractivity contribution in [3.05, 3.63) is 0 Å². The van der Waals surface area contributed by atoms with Gasteiger partial charge < -0.3 is 64.3 Å². The molecule has 0 aliphatic rings. The molecule has 0 aliphatic heterocycles. The molecule has 0 radical (unpaired) electrons. The van der Waals surface area contributed by atoms with Crippen molar-refractivity contribution in [3.63, 3.8) is 0 Å². The molecular formula is C48H90N2O17. The van der Waals surface area contributed by atoms with Gasteiger partial charge in [-0.2, -0.15) is 0 Å². The summed E-state index contributed by atoms with van der Waals surface area (Å²) in [7, 11) is 1.65. The average molecular weight is 967 g/mol. The molecule has 0 aliphatic carbocycles. The van der Waals surface area contributed by atoms with Crippen LogP contribution in [0.4, 0.5) is 0 Å². The normalized spacial score (nSPS) is 12.0. The zero-order valence-corrected chi connectivity index (χ0v) is 41.2. The molecule has 394 valence electrons. The molecule has 0 unspecified atom stereocenters. The average Bonchev–Trinajstić information content (AvgIpc) is 3.29. The van der Waals surface area contributed by atoms with Crippen LogP contribution in [0.25, 0.3) is 0 Å². The summed E-state index contributed by atoms with van der Waals surface area (Å²) in [4.78, 5) is 68.3. The van der Waals surface area contributed by atoms with Gasteiger partial charge in [-0.3, -0.25) is 28.8 Å². The predicted octanol–water partition coefficient (Wildman–Crippen LogP) is 5.79. The number of hydrogen-bond acceptors (Lipinski definition) is 15. The molecular weight excluding hydrogens is 877 g/mol. The molecule has 6 N–H and O–H groups in total. The molecule has 67 heavy (non-hydrogen) atoms. The van der Waals surface area contributed by atoms with Crippen molar-refractivity contribution in [1.82, 2.24) is 5.32 Å². The van der Waals surface area contributed by atoms with Crippen molar-refractivity contribution in [2.24, 2.45) is 11.7 Å². The standard InChI is InChI=1S/C26H50O8.C22H40N2O9/c1-30-17-18-32-21-22-34-24-23-33-20-19-31-16-12-14-25(27)13-10-8-6-4-2-3-5-7-9-11-15-26(28)29;1-2-10-31-12-14-33-15-13-32-11-8-18(25)16-17(21(27)28)6-7-20(26)24-9-4-3-5-19(23)22(29)30/h2-24H2,1H3,(H,28,29);17,19H,2-16,23H2,1H3,(H,24,26)(H,27,28)(H,29,30)/t;17-,19+/m.1/s1. The van der Waals surface area contributed by atoms with E-state index < -0.39 is 29.9 Å². The topological polar surface area (TPSA) is 275 Å². The Morgan fingerprint density at radius 1 is 0.448 bits per heavy atom. The quantitative estimate of drug-likeness (QED) is 0.0451. The summed E-state index contributed by atoms with van der Waals surface area (Å²) in [6, 6.07) is -0.913. The lowest BCUT2D eigenvalue weighted by Crippen LogP contribution is -2.30. The van der Waals surface area contributed by atoms with Crippen LogP contribution in [0.3, 0.4) is 0 Å². The van der Waals surface area contributed by atoms with Crippen LogP contribution in [-0.4, -0.2) is 170 Å². The molecule has 2 atom stereocenters. The van der Waals surface area contributed by atoms with Crippen molar-refractivity contribution in [3.8, 4) is 0 Å². The summed E-state index contributed by atoms with van der Waals surface area (Å²) in [5.74, 6) is -3.99. The highest BCUT2D eigenvalue weighted by Gasteiger charge is 2.22. The maximum atomic E-state index is 12.0. The second-order valence-electron chi connectivity index (χ2n) is 16.2. The van der Waals surface area contributed by atoms with Crippen LogP contribution in [0.1, 0.15) is 148 Å². The van der Waals surface area contributed by atoms with Crippen molar-refractivity contribution in [1.29, 1.82) is 0 Å². The van der Waals surface area contributed by atoms with Crippen LogP contribution < -0.4 is 11.1 Å². The number of methoxy groups -OCH3 is 1. The maximum Gasteiger partial charge on any atom is 0.320 e. The first kappa shape index (κ1) is 65.9. The first-order valence-corrected chi connectivity index (χ1v) is 24.7. The van der Waals surface area contributed by atoms with Crippen molar-refractivity contribution in [2.45, 2.75) is 154 Å². The second kappa shape index (κ2) is 52.2. The maximum absolute atomic E-state index is 12.0. The molecule has 1 amide bonds. The van der Waals surface area contributed by atoms with Crippen LogP contribution in [0.5, 0.6) is 0 Å². The Labute approximate surface area is 400 Å². The van der Waals surface area contributed by atoms with Crippen LogP contribution in [0.15, 0.2) is 0 Å². The molecule has 19 heteroatoms. The largest absolute Gasteiger partial charge is 0.481 e. The van der Waals surface area contributed by atoms with Crippen molar-refractivity contribution < 1.29 is 82.0 Å². The number of Topliss-reactive ketones (excluding diaryl/α,β-unsaturated/α-hetero) is 2. The SMILES string of the molecule is CCCOCCOCCOCCC(=O)C[C@@H](CCC(=O)NCCCC[C@H](N)C(=O)O)C(=O)O.COCCOCCOCCOCCOCCCC(=O)CCCCCCCCCCCCC(=O)O. The summed E-state index contributed by atoms with van der Waals surface area (Å²) in [6.45, 7) is 10.1. The van der Waals surface area contributed by atoms with Gasteiger partial charge in [0.2, 0.25) is 5.91 Å². The number of amides is 1. The Bertz CT molecular complexity index is 1200. The Balaban J connectivity index is 0. The number of ether oxygens (including phenoxy) is 8. The number of rotatable bonds is 52. The van der Waals surface area contributed by atoms with E-state index in [0.29, 0.717) is 143 Å². The predicted molar refractivity (Wildman–Crippen MR) is 252 cm³/mol. The van der Waals surface area contributed by atoms with E-state index in [0.717, 1.165) is 44.9 Å². The fraction of sp³-hybridized carbons (Fsp3) is 0.875. The highest BCUT2D eigenvalue weighted by Crippen LogP contribution is 2.15. The molecule has 19 nitrogen and oxygen atoms in total. The first-order valence-electron chi connectivity index (χ1n) is 24.7. The van der Waals surface area contributed by atoms with Gasteiger partial charge in [-0.25, -0.2) is 0 Å². The number of carboxylic acids is 3. The molecule has 0 aromatic carbocycles. The third-order valence-corrected chi connectivity index (χ3v) is 10.1. The Morgan fingerprint density at radius 3 is 1.37 bits per heavy atom. The summed E-state index contributed by atoms with van der Waals surface area (Å²) < 4.78 is 42.4. The molecule has 0 spiro atoms. The number of unbranched alkanes of at least 4 members (excludes halogenated alkanes) is 10. The van der Waals surface area contributed by atoms with E-state index in [-0.39, 0.29) is 44.0 Å². The lowest BCUT2D eigenvalue weighted by molar-refractivity contribution is -0.144. The van der Waals surface area contributed by atoms with Crippen LogP contribution in [0.2, 0.25) is 0 Å². The molecule has 0 bridgehead atoms. The van der Waals surface area contributed by atoms with E-state index >= 15 is 0 Å². The van der Waals surface area contributed by atoms with E-state index in [2.05, 4.69) is 5.32 Å². The molecule has 0 saturated carbocycles. The van der Waals surface area contributed by atoms with Crippen LogP contribution >= 0.6 is 0 Å². The Morgan fingerprint density at radius 2 is 0.896 bits per heavy atom. The first-order chi connectivity index (χ1) is 32.4. The highest BCUT2D eigenvalue weighted by molar-refractivity contribution is 5.84. The van der Waals surface area contributed by atoms with E-state index in [1.165, 1.54) is 32.1 Å². The third-order valence-electron chi connectivity index (χ3n) is 10.1. The van der Waals surface area contributed by atoms with Gasteiger partial charge >= 0.3 is 17.9 Å². The van der Waals surface area contributed by atoms with Gasteiger partial charge in [-0.05, 0) is 51.4 Å². The lowest BCUT2D eigenvalue weighted by Gasteiger charge is -2.12. The Hall–Kier alpha value is -3.14. The van der Waals surface area contributed by atoms with E-state index in [4.69, 9.17) is 53.8 Å². The number of nitrogens with two attached hydrogens (primary N) is 1. The smallest absolute Gasteiger partial charge is 0.320 e. The summed E-state index contributed by atoms with van der Waals surface area (Å²) >= 11 is 0. The zero-order chi connectivity index (χ0) is 49.9. The highest BCUT2D eigenvalue weighted by atomic mass is 16.6. The van der Waals surface area contributed by atoms with Gasteiger partial charge in [0.15, 0.2) is 0 Å². The number of aliphatic carboxylic acids is 3. The minimum Gasteiger partial charge on any atom is -0.481 e. The molecule has 0 fully saturated rings. The number of carboxylic acid groups (broad SMARTS) is 3. The number of nitrogens with one attached hydrogen (secondary N) is 1. The lowest BCUT2D eigenvalue weighted by atomic mass is 9.96. The van der Waals surface area contributed by atoms with Gasteiger partial charge in [0.25, 0.3) is 0 Å². The molecule has 0 saturated heterocycles. The van der Waals surface area contributed by atoms with Gasteiger partial charge in [0.1, 0.15) is 17.6 Å². The molecule has 0 rings (SSSR count). The summed E-state index contributed by atoms with van der Waals surface area (Å²) in [6.07, 6.45) is 16.0. The summed E-state index contributed by atoms with van der Waals surface area (Å²) in [5, 5.41) is 29.3. The van der Waals surface area contributed by atoms with Gasteiger partial charge in [-0.1, -0.05) is 58.3 Å². The monoisotopic (exact) mass is 967 g/mol. The van der Waals surface area contributed by atoms with E-state index in [9.17, 15) is 33.9 Å². The van der Waals surface area contributed by atoms with E-state index in [1.807, 2.05) is 6.92 Å². The number of carbonyl (C=O) groups is 6. The molecule has 0 aromatic rings. The number of ketones is 2. The fourth-order valence-corrected chi connectivity index (χ4v) is 6.21. The summed E-state index contributed by atoms with van der Waals surface area (Å²) in [5.41, 5.74) is 5.40. The van der Waals surface area contributed by atoms with Crippen LogP contribution in [-0.2, 0) is 66.7 Å². The number of hydrogen-bond donors (Lipinski definition) is 5. The van der Waals surface area contributed by atoms with E-state index in [1.54, 1.807) is 7.11 Å². The molecule has 0 heterocycles. The van der Waals surface area contributed by atoms with Crippen molar-refractivity contribution in [2.75, 3.05) is 113 Å².